The lowest BCUT2D eigenvalue weighted by atomic mass is 10.2. The van der Waals surface area contributed by atoms with Crippen LogP contribution in [0.15, 0.2) is 42.6 Å². The van der Waals surface area contributed by atoms with Crippen LogP contribution in [-0.2, 0) is 4.79 Å². The van der Waals surface area contributed by atoms with Crippen molar-refractivity contribution in [1.82, 2.24) is 9.88 Å². The zero-order valence-electron chi connectivity index (χ0n) is 14.2. The molecule has 130 valence electrons. The van der Waals surface area contributed by atoms with E-state index in [-0.39, 0.29) is 18.5 Å². The average Bonchev–Trinajstić information content (AvgIpc) is 2.97. The van der Waals surface area contributed by atoms with Crippen LogP contribution in [0.3, 0.4) is 0 Å². The number of pyridine rings is 1. The van der Waals surface area contributed by atoms with Crippen molar-refractivity contribution < 1.29 is 14.3 Å². The van der Waals surface area contributed by atoms with Crippen molar-refractivity contribution in [2.75, 3.05) is 37.0 Å². The number of rotatable bonds is 5. The molecule has 0 aliphatic carbocycles. The zero-order valence-corrected chi connectivity index (χ0v) is 14.2. The number of carbonyl (C=O) groups excluding carboxylic acids is 2. The molecule has 1 aliphatic heterocycles. The standard InChI is InChI=1S/C18H20N4O3/c1-13-6-5-9-19-17(13)20-16(23)12-21-10-11-22(18(21)24)14-7-3-4-8-15(14)25-2/h3-9H,10-12H2,1-2H3,(H,19,20,23). The number of nitrogens with zero attached hydrogens (tertiary/aromatic N) is 3. The highest BCUT2D eigenvalue weighted by Crippen LogP contribution is 2.30. The quantitative estimate of drug-likeness (QED) is 0.906. The van der Waals surface area contributed by atoms with Gasteiger partial charge in [0.1, 0.15) is 18.1 Å². The van der Waals surface area contributed by atoms with Crippen molar-refractivity contribution in [2.45, 2.75) is 6.92 Å². The number of nitrogens with one attached hydrogen (secondary N) is 1. The topological polar surface area (TPSA) is 74.8 Å². The van der Waals surface area contributed by atoms with Gasteiger partial charge in [0.25, 0.3) is 0 Å². The summed E-state index contributed by atoms with van der Waals surface area (Å²) in [4.78, 5) is 32.1. The third-order valence-electron chi connectivity index (χ3n) is 4.07. The van der Waals surface area contributed by atoms with Gasteiger partial charge in [0.2, 0.25) is 5.91 Å². The molecule has 25 heavy (non-hydrogen) atoms. The van der Waals surface area contributed by atoms with Gasteiger partial charge in [0.05, 0.1) is 12.8 Å². The molecule has 0 radical (unpaired) electrons. The highest BCUT2D eigenvalue weighted by molar-refractivity contribution is 6.00. The van der Waals surface area contributed by atoms with Crippen LogP contribution < -0.4 is 15.0 Å². The predicted molar refractivity (Wildman–Crippen MR) is 94.9 cm³/mol. The number of urea groups is 1. The molecule has 7 heteroatoms. The summed E-state index contributed by atoms with van der Waals surface area (Å²) in [6, 6.07) is 10.8. The highest BCUT2D eigenvalue weighted by atomic mass is 16.5. The lowest BCUT2D eigenvalue weighted by molar-refractivity contribution is -0.116. The summed E-state index contributed by atoms with van der Waals surface area (Å²) in [6.07, 6.45) is 1.62. The van der Waals surface area contributed by atoms with Crippen molar-refractivity contribution in [3.05, 3.63) is 48.2 Å². The number of hydrogen-bond donors (Lipinski definition) is 1. The van der Waals surface area contributed by atoms with Gasteiger partial charge in [-0.25, -0.2) is 9.78 Å². The number of anilines is 2. The smallest absolute Gasteiger partial charge is 0.325 e. The second-order valence-corrected chi connectivity index (χ2v) is 5.74. The number of carbonyl (C=O) groups is 2. The Labute approximate surface area is 146 Å². The minimum absolute atomic E-state index is 0.0134. The Hall–Kier alpha value is -3.09. The Balaban J connectivity index is 1.66. The van der Waals surface area contributed by atoms with Crippen LogP contribution in [0, 0.1) is 6.92 Å². The molecule has 0 bridgehead atoms. The summed E-state index contributed by atoms with van der Waals surface area (Å²) in [5, 5.41) is 2.75. The molecule has 2 heterocycles. The summed E-state index contributed by atoms with van der Waals surface area (Å²) in [7, 11) is 1.57. The third-order valence-corrected chi connectivity index (χ3v) is 4.07. The van der Waals surface area contributed by atoms with Gasteiger partial charge in [-0.3, -0.25) is 9.69 Å². The zero-order chi connectivity index (χ0) is 17.8. The first-order chi connectivity index (χ1) is 12.1. The predicted octanol–water partition coefficient (Wildman–Crippen LogP) is 2.28. The molecular weight excluding hydrogens is 320 g/mol. The lowest BCUT2D eigenvalue weighted by Gasteiger charge is -2.20. The highest BCUT2D eigenvalue weighted by Gasteiger charge is 2.32. The van der Waals surface area contributed by atoms with Gasteiger partial charge in [0.15, 0.2) is 0 Å². The summed E-state index contributed by atoms with van der Waals surface area (Å²) < 4.78 is 5.31. The van der Waals surface area contributed by atoms with Crippen LogP contribution in [0.4, 0.5) is 16.3 Å². The summed E-state index contributed by atoms with van der Waals surface area (Å²) >= 11 is 0. The second-order valence-electron chi connectivity index (χ2n) is 5.74. The molecule has 7 nitrogen and oxygen atoms in total. The maximum Gasteiger partial charge on any atom is 0.325 e. The Bertz CT molecular complexity index is 793. The van der Waals surface area contributed by atoms with Gasteiger partial charge in [-0.15, -0.1) is 0 Å². The van der Waals surface area contributed by atoms with Crippen LogP contribution >= 0.6 is 0 Å². The number of ether oxygens (including phenoxy) is 1. The van der Waals surface area contributed by atoms with Gasteiger partial charge >= 0.3 is 6.03 Å². The average molecular weight is 340 g/mol. The molecule has 1 aliphatic rings. The number of methoxy groups -OCH3 is 1. The molecule has 0 saturated carbocycles. The molecule has 3 amide bonds. The Morgan fingerprint density at radius 2 is 2.04 bits per heavy atom. The SMILES string of the molecule is COc1ccccc1N1CCN(CC(=O)Nc2ncccc2C)C1=O. The van der Waals surface area contributed by atoms with E-state index < -0.39 is 0 Å². The van der Waals surface area contributed by atoms with Gasteiger partial charge in [0, 0.05) is 19.3 Å². The molecule has 0 unspecified atom stereocenters. The number of aryl methyl sites for hydroxylation is 1. The molecule has 1 aromatic carbocycles. The van der Waals surface area contributed by atoms with Crippen LogP contribution in [0.2, 0.25) is 0 Å². The van der Waals surface area contributed by atoms with Crippen LogP contribution in [0.25, 0.3) is 0 Å². The van der Waals surface area contributed by atoms with E-state index in [1.54, 1.807) is 24.3 Å². The van der Waals surface area contributed by atoms with E-state index >= 15 is 0 Å². The van der Waals surface area contributed by atoms with Crippen LogP contribution in [0.5, 0.6) is 5.75 Å². The third kappa shape index (κ3) is 3.55. The fourth-order valence-electron chi connectivity index (χ4n) is 2.77. The van der Waals surface area contributed by atoms with E-state index in [9.17, 15) is 9.59 Å². The fourth-order valence-corrected chi connectivity index (χ4v) is 2.77. The molecule has 1 fully saturated rings. The normalized spacial score (nSPS) is 13.9. The van der Waals surface area contributed by atoms with Crippen LogP contribution in [-0.4, -0.2) is 48.6 Å². The monoisotopic (exact) mass is 340 g/mol. The van der Waals surface area contributed by atoms with Crippen molar-refractivity contribution >= 4 is 23.4 Å². The Kier molecular flexibility index (Phi) is 4.83. The molecule has 1 N–H and O–H groups in total. The molecule has 0 atom stereocenters. The van der Waals surface area contributed by atoms with Crippen molar-refractivity contribution in [1.29, 1.82) is 0 Å². The largest absolute Gasteiger partial charge is 0.495 e. The van der Waals surface area contributed by atoms with E-state index in [2.05, 4.69) is 10.3 Å². The van der Waals surface area contributed by atoms with E-state index in [1.165, 1.54) is 4.90 Å². The molecule has 1 saturated heterocycles. The van der Waals surface area contributed by atoms with Gasteiger partial charge in [-0.1, -0.05) is 18.2 Å². The van der Waals surface area contributed by atoms with Gasteiger partial charge < -0.3 is 15.0 Å². The first-order valence-corrected chi connectivity index (χ1v) is 8.01. The Morgan fingerprint density at radius 1 is 1.24 bits per heavy atom. The second kappa shape index (κ2) is 7.21. The van der Waals surface area contributed by atoms with Crippen molar-refractivity contribution in [2.24, 2.45) is 0 Å². The first-order valence-electron chi connectivity index (χ1n) is 8.01. The summed E-state index contributed by atoms with van der Waals surface area (Å²) in [5.41, 5.74) is 1.58. The maximum atomic E-state index is 12.6. The van der Waals surface area contributed by atoms with Gasteiger partial charge in [-0.2, -0.15) is 0 Å². The number of benzene rings is 1. The van der Waals surface area contributed by atoms with E-state index in [1.807, 2.05) is 37.3 Å². The molecule has 0 spiro atoms. The maximum absolute atomic E-state index is 12.6. The van der Waals surface area contributed by atoms with E-state index in [0.717, 1.165) is 5.56 Å². The van der Waals surface area contributed by atoms with Crippen LogP contribution in [0.1, 0.15) is 5.56 Å². The van der Waals surface area contributed by atoms with Crippen molar-refractivity contribution in [3.63, 3.8) is 0 Å². The first kappa shape index (κ1) is 16.8. The minimum Gasteiger partial charge on any atom is -0.495 e. The number of amides is 3. The van der Waals surface area contributed by atoms with Crippen molar-refractivity contribution in [3.8, 4) is 5.75 Å². The summed E-state index contributed by atoms with van der Waals surface area (Å²) in [5.74, 6) is 0.879. The van der Waals surface area contributed by atoms with Gasteiger partial charge in [-0.05, 0) is 30.7 Å². The number of aromatic nitrogens is 1. The molecule has 1 aromatic heterocycles. The van der Waals surface area contributed by atoms with E-state index in [4.69, 9.17) is 4.74 Å². The van der Waals surface area contributed by atoms with E-state index in [0.29, 0.717) is 30.3 Å². The fraction of sp³-hybridized carbons (Fsp3) is 0.278. The number of hydrogen-bond acceptors (Lipinski definition) is 4. The lowest BCUT2D eigenvalue weighted by Crippen LogP contribution is -2.37. The Morgan fingerprint density at radius 3 is 2.80 bits per heavy atom. The number of para-hydroxylation sites is 2. The minimum atomic E-state index is -0.267. The molecule has 3 rings (SSSR count). The summed E-state index contributed by atoms with van der Waals surface area (Å²) in [6.45, 7) is 2.84. The molecular formula is C18H20N4O3. The molecule has 2 aromatic rings.